The Morgan fingerprint density at radius 1 is 0.773 bits per heavy atom. The molecule has 1 saturated heterocycles. The predicted octanol–water partition coefficient (Wildman–Crippen LogP) is 6.19. The maximum Gasteiger partial charge on any atom is 0.433 e. The molecule has 0 bridgehead atoms. The number of aromatic nitrogens is 2. The summed E-state index contributed by atoms with van der Waals surface area (Å²) in [7, 11) is 0. The Morgan fingerprint density at radius 3 is 2.14 bits per heavy atom. The van der Waals surface area contributed by atoms with Crippen molar-refractivity contribution >= 4 is 40.4 Å². The number of aryl methyl sites for hydroxylation is 1. The second-order valence-corrected chi connectivity index (χ2v) is 10.9. The van der Waals surface area contributed by atoms with E-state index < -0.39 is 11.0 Å². The van der Waals surface area contributed by atoms with Crippen LogP contribution >= 0.6 is 0 Å². The number of hydrogen-bond acceptors (Lipinski definition) is 9. The first kappa shape index (κ1) is 26.0. The highest BCUT2D eigenvalue weighted by atomic mass is 16.6. The first-order valence-corrected chi connectivity index (χ1v) is 14.6. The van der Waals surface area contributed by atoms with Gasteiger partial charge in [0.2, 0.25) is 0 Å². The van der Waals surface area contributed by atoms with Crippen molar-refractivity contribution in [3.63, 3.8) is 0 Å². The smallest absolute Gasteiger partial charge is 0.403 e. The summed E-state index contributed by atoms with van der Waals surface area (Å²) in [6, 6.07) is 30.8. The van der Waals surface area contributed by atoms with E-state index in [0.29, 0.717) is 17.4 Å². The zero-order valence-electron chi connectivity index (χ0n) is 23.9. The van der Waals surface area contributed by atoms with Crippen molar-refractivity contribution in [2.24, 2.45) is 9.98 Å². The number of fused-ring (bicyclic) bond motifs is 4. The van der Waals surface area contributed by atoms with Crippen LogP contribution in [0.25, 0.3) is 5.69 Å². The molecule has 0 radical (unpaired) electrons. The van der Waals surface area contributed by atoms with Gasteiger partial charge in [-0.05, 0) is 49.4 Å². The van der Waals surface area contributed by atoms with Crippen LogP contribution < -0.4 is 9.80 Å². The largest absolute Gasteiger partial charge is 0.433 e. The molecule has 1 fully saturated rings. The fraction of sp³-hybridized carbons (Fsp3) is 0.182. The number of piperazine rings is 1. The molecule has 0 unspecified atom stereocenters. The number of anilines is 2. The van der Waals surface area contributed by atoms with E-state index in [1.165, 1.54) is 11.8 Å². The first-order chi connectivity index (χ1) is 21.6. The lowest BCUT2D eigenvalue weighted by molar-refractivity contribution is -0.402. The number of furan rings is 1. The van der Waals surface area contributed by atoms with Gasteiger partial charge in [0.15, 0.2) is 17.5 Å². The van der Waals surface area contributed by atoms with E-state index in [0.717, 1.165) is 60.3 Å². The van der Waals surface area contributed by atoms with Crippen LogP contribution in [0.5, 0.6) is 0 Å². The first-order valence-electron chi connectivity index (χ1n) is 14.6. The molecule has 11 nitrogen and oxygen atoms in total. The highest BCUT2D eigenvalue weighted by Gasteiger charge is 2.44. The fourth-order valence-electron chi connectivity index (χ4n) is 6.33. The van der Waals surface area contributed by atoms with Gasteiger partial charge < -0.3 is 19.1 Å². The van der Waals surface area contributed by atoms with Gasteiger partial charge in [-0.2, -0.15) is 5.10 Å². The van der Waals surface area contributed by atoms with Gasteiger partial charge in [0.1, 0.15) is 16.7 Å². The van der Waals surface area contributed by atoms with Crippen molar-refractivity contribution in [2.75, 3.05) is 36.0 Å². The molecule has 0 amide bonds. The SMILES string of the molecule is Cc1nn(-c2ccccc2)c2c1[C@H](c1ccc([N+](=O)[O-])o1)N1C(=N2)C(N2CCN(c3ccccc3)CC2)=Nc2ccccc21. The molecule has 5 heterocycles. The molecular weight excluding hydrogens is 556 g/mol. The van der Waals surface area contributed by atoms with Crippen LogP contribution in [0.2, 0.25) is 0 Å². The Hall–Kier alpha value is -5.71. The summed E-state index contributed by atoms with van der Waals surface area (Å²) < 4.78 is 7.76. The quantitative estimate of drug-likeness (QED) is 0.183. The van der Waals surface area contributed by atoms with Crippen molar-refractivity contribution in [2.45, 2.75) is 13.0 Å². The number of amidine groups is 2. The molecule has 2 aromatic heterocycles. The number of rotatable bonds is 4. The third-order valence-corrected chi connectivity index (χ3v) is 8.38. The zero-order valence-corrected chi connectivity index (χ0v) is 23.9. The molecule has 0 aliphatic carbocycles. The summed E-state index contributed by atoms with van der Waals surface area (Å²) >= 11 is 0. The lowest BCUT2D eigenvalue weighted by atomic mass is 9.97. The second-order valence-electron chi connectivity index (χ2n) is 10.9. The number of nitro groups is 1. The summed E-state index contributed by atoms with van der Waals surface area (Å²) in [4.78, 5) is 28.4. The van der Waals surface area contributed by atoms with Crippen LogP contribution in [0.1, 0.15) is 23.1 Å². The Balaban J connectivity index is 1.29. The average molecular weight is 585 g/mol. The average Bonchev–Trinajstić information content (AvgIpc) is 3.70. The molecule has 3 aromatic carbocycles. The summed E-state index contributed by atoms with van der Waals surface area (Å²) in [6.45, 7) is 5.11. The number of para-hydroxylation sites is 4. The van der Waals surface area contributed by atoms with E-state index in [-0.39, 0.29) is 5.88 Å². The number of benzene rings is 3. The van der Waals surface area contributed by atoms with E-state index >= 15 is 0 Å². The molecule has 8 rings (SSSR count). The minimum absolute atomic E-state index is 0.310. The molecule has 0 N–H and O–H groups in total. The topological polar surface area (TPSA) is 109 Å². The minimum Gasteiger partial charge on any atom is -0.403 e. The number of nitrogens with zero attached hydrogens (tertiary/aromatic N) is 8. The second kappa shape index (κ2) is 10.2. The number of aliphatic imine (C=N–C) groups is 2. The molecule has 5 aromatic rings. The van der Waals surface area contributed by atoms with Gasteiger partial charge >= 0.3 is 5.88 Å². The Kier molecular flexibility index (Phi) is 6.03. The van der Waals surface area contributed by atoms with E-state index in [1.54, 1.807) is 6.07 Å². The van der Waals surface area contributed by atoms with Gasteiger partial charge in [-0.25, -0.2) is 14.7 Å². The van der Waals surface area contributed by atoms with Crippen molar-refractivity contribution < 1.29 is 9.34 Å². The molecule has 0 spiro atoms. The van der Waals surface area contributed by atoms with Crippen LogP contribution in [-0.2, 0) is 0 Å². The Labute approximate surface area is 253 Å². The number of hydrogen-bond donors (Lipinski definition) is 0. The van der Waals surface area contributed by atoms with Gasteiger partial charge in [0.25, 0.3) is 0 Å². The Morgan fingerprint density at radius 2 is 1.43 bits per heavy atom. The highest BCUT2D eigenvalue weighted by Crippen LogP contribution is 2.49. The fourth-order valence-corrected chi connectivity index (χ4v) is 6.33. The monoisotopic (exact) mass is 584 g/mol. The van der Waals surface area contributed by atoms with Crippen LogP contribution in [0.4, 0.5) is 28.8 Å². The molecule has 218 valence electrons. The Bertz CT molecular complexity index is 1940. The summed E-state index contributed by atoms with van der Waals surface area (Å²) in [5, 5.41) is 16.6. The molecular formula is C33H28N8O3. The van der Waals surface area contributed by atoms with E-state index in [1.807, 2.05) is 72.3 Å². The molecule has 1 atom stereocenters. The van der Waals surface area contributed by atoms with Crippen LogP contribution in [-0.4, -0.2) is 57.5 Å². The van der Waals surface area contributed by atoms with Crippen molar-refractivity contribution in [3.8, 4) is 5.69 Å². The van der Waals surface area contributed by atoms with E-state index in [9.17, 15) is 10.1 Å². The van der Waals surface area contributed by atoms with Gasteiger partial charge in [0, 0.05) is 31.9 Å². The van der Waals surface area contributed by atoms with E-state index in [2.05, 4.69) is 39.0 Å². The van der Waals surface area contributed by atoms with Crippen molar-refractivity contribution in [1.29, 1.82) is 0 Å². The van der Waals surface area contributed by atoms with Gasteiger partial charge in [0.05, 0.1) is 34.4 Å². The van der Waals surface area contributed by atoms with Crippen molar-refractivity contribution in [3.05, 3.63) is 124 Å². The van der Waals surface area contributed by atoms with Crippen LogP contribution in [0, 0.1) is 17.0 Å². The molecule has 44 heavy (non-hydrogen) atoms. The van der Waals surface area contributed by atoms with Crippen molar-refractivity contribution in [1.82, 2.24) is 14.7 Å². The maximum absolute atomic E-state index is 11.7. The normalized spacial score (nSPS) is 17.4. The summed E-state index contributed by atoms with van der Waals surface area (Å²) in [6.07, 6.45) is 0. The van der Waals surface area contributed by atoms with Gasteiger partial charge in [-0.1, -0.05) is 48.5 Å². The molecule has 3 aliphatic heterocycles. The lowest BCUT2D eigenvalue weighted by Gasteiger charge is -2.44. The van der Waals surface area contributed by atoms with E-state index in [4.69, 9.17) is 19.5 Å². The lowest BCUT2D eigenvalue weighted by Crippen LogP contribution is -2.55. The summed E-state index contributed by atoms with van der Waals surface area (Å²) in [5.41, 5.74) is 5.30. The third-order valence-electron chi connectivity index (χ3n) is 8.38. The van der Waals surface area contributed by atoms with Gasteiger partial charge in [-0.3, -0.25) is 10.1 Å². The van der Waals surface area contributed by atoms with Gasteiger partial charge in [-0.15, -0.1) is 0 Å². The molecule has 3 aliphatic rings. The third kappa shape index (κ3) is 4.16. The maximum atomic E-state index is 11.7. The molecule has 11 heteroatoms. The highest BCUT2D eigenvalue weighted by molar-refractivity contribution is 6.48. The van der Waals surface area contributed by atoms with Crippen LogP contribution in [0.15, 0.2) is 111 Å². The van der Waals surface area contributed by atoms with Crippen LogP contribution in [0.3, 0.4) is 0 Å². The summed E-state index contributed by atoms with van der Waals surface area (Å²) in [5.74, 6) is 2.19. The predicted molar refractivity (Wildman–Crippen MR) is 169 cm³/mol. The minimum atomic E-state index is -0.555. The molecule has 0 saturated carbocycles. The zero-order chi connectivity index (χ0) is 29.8. The standard InChI is InChI=1S/C33H28N8O3/c1-22-29-30(27-16-17-28(44-27)41(42)43)39-26-15-9-8-14-25(26)34-32(38-20-18-37(19-21-38)23-10-4-2-5-11-23)33(39)35-31(29)40(36-22)24-12-6-3-7-13-24/h2-17,30H,18-21H2,1H3/t30-/m0/s1.